The van der Waals surface area contributed by atoms with Crippen LogP contribution in [-0.4, -0.2) is 40.6 Å². The van der Waals surface area contributed by atoms with Crippen LogP contribution in [0.25, 0.3) is 0 Å². The number of nitrogens with one attached hydrogen (secondary N) is 1. The maximum absolute atomic E-state index is 5.09. The molecule has 1 N–H and O–H groups in total. The van der Waals surface area contributed by atoms with E-state index in [0.29, 0.717) is 58.1 Å². The summed E-state index contributed by atoms with van der Waals surface area (Å²) in [5.74, 6) is 5.11. The molecule has 4 heteroatoms. The first-order valence-electron chi connectivity index (χ1n) is 24.1. The largest absolute Gasteiger partial charge is 0.356 e. The molecule has 0 radical (unpaired) electrons. The Morgan fingerprint density at radius 1 is 0.949 bits per heavy atom. The number of hydrogen-bond acceptors (Lipinski definition) is 2. The van der Waals surface area contributed by atoms with Crippen molar-refractivity contribution in [1.82, 2.24) is 5.32 Å². The molecule has 1 saturated carbocycles. The molecule has 12 atom stereocenters. The van der Waals surface area contributed by atoms with E-state index in [2.05, 4.69) is 161 Å². The van der Waals surface area contributed by atoms with E-state index >= 15 is 0 Å². The van der Waals surface area contributed by atoms with Gasteiger partial charge in [-0.1, -0.05) is 147 Å². The van der Waals surface area contributed by atoms with Crippen LogP contribution < -0.4 is 5.32 Å². The van der Waals surface area contributed by atoms with Crippen LogP contribution in [0, 0.1) is 52.8 Å². The third-order valence-electron chi connectivity index (χ3n) is 16.4. The Balaban J connectivity index is 1.19. The van der Waals surface area contributed by atoms with E-state index in [1.807, 2.05) is 0 Å². The van der Waals surface area contributed by atoms with E-state index in [1.54, 1.807) is 33.2 Å². The maximum atomic E-state index is 5.09. The summed E-state index contributed by atoms with van der Waals surface area (Å²) in [7, 11) is -1.72. The molecule has 0 bridgehead atoms. The van der Waals surface area contributed by atoms with Gasteiger partial charge in [0.05, 0.1) is 11.3 Å². The topological polar surface area (TPSA) is 15.0 Å². The summed E-state index contributed by atoms with van der Waals surface area (Å²) < 4.78 is 3.13. The van der Waals surface area contributed by atoms with E-state index in [4.69, 9.17) is 6.58 Å². The van der Waals surface area contributed by atoms with Crippen molar-refractivity contribution in [2.75, 3.05) is 0 Å². The smallest absolute Gasteiger partial charge is 0.194 e. The van der Waals surface area contributed by atoms with Crippen LogP contribution in [0.1, 0.15) is 105 Å². The average Bonchev–Trinajstić information content (AvgIpc) is 3.51. The number of thioether (sulfide) groups is 1. The molecule has 0 aromatic rings. The fourth-order valence-corrected chi connectivity index (χ4v) is 17.6. The van der Waals surface area contributed by atoms with Crippen molar-refractivity contribution in [3.05, 3.63) is 131 Å². The Morgan fingerprint density at radius 3 is 2.49 bits per heavy atom. The average molecular weight is 824 g/mol. The van der Waals surface area contributed by atoms with Gasteiger partial charge in [0.15, 0.2) is 25.5 Å². The Labute approximate surface area is 364 Å². The summed E-state index contributed by atoms with van der Waals surface area (Å²) in [6.07, 6.45) is 48.4. The highest BCUT2D eigenvalue weighted by Gasteiger charge is 2.78. The van der Waals surface area contributed by atoms with Gasteiger partial charge in [0, 0.05) is 33.0 Å². The lowest BCUT2D eigenvalue weighted by atomic mass is 9.71. The van der Waals surface area contributed by atoms with Crippen LogP contribution in [0.5, 0.6) is 0 Å². The molecule has 0 aromatic heterocycles. The second-order valence-corrected chi connectivity index (χ2v) is 27.7. The Morgan fingerprint density at radius 2 is 1.78 bits per heavy atom. The lowest BCUT2D eigenvalue weighted by Crippen LogP contribution is -2.45. The molecule has 3 aliphatic heterocycles. The zero-order chi connectivity index (χ0) is 41.2. The quantitative estimate of drug-likeness (QED) is 0.107. The van der Waals surface area contributed by atoms with Crippen molar-refractivity contribution in [2.45, 2.75) is 147 Å². The summed E-state index contributed by atoms with van der Waals surface area (Å²) in [4.78, 5) is 0. The molecule has 314 valence electrons. The molecule has 0 spiro atoms. The number of nitrogens with zero attached hydrogens (tertiary/aromatic N) is 1. The first-order chi connectivity index (χ1) is 28.5. The molecule has 9 rings (SSSR count). The first-order valence-corrected chi connectivity index (χ1v) is 28.6. The molecule has 0 amide bonds. The molecular formula is C55H75N2SSi+. The molecular weight excluding hydrogens is 749 g/mol. The fourth-order valence-electron chi connectivity index (χ4n) is 13.5. The number of hydrogen-bond donors (Lipinski definition) is 1. The number of fused-ring (bicyclic) bond motifs is 8. The summed E-state index contributed by atoms with van der Waals surface area (Å²) in [5.41, 5.74) is 10.8. The molecule has 8 unspecified atom stereocenters. The van der Waals surface area contributed by atoms with Gasteiger partial charge in [-0.05, 0) is 128 Å². The standard InChI is InChI=1S/C55H75N2SSi/c1-10-36(5)38(11-2)31-32-55(51-45-23-16-15-21-43(45)48-34-41(33-35(3)4)54(59(7,8)9)57(48)53(51)55)47-30-29-46-44-22-17-18-24-49(44)58-52(46)50(47)37(6)56-42-27-25-40(26-28-42)39-19-13-12-14-20-39/h12-14,16,18-19,23-25,27-30,34-36,38-40,44,46,48-49,51-53,56H,6,10-11,15,17,20-22,26,31-33H2,1-5,7-9H3/q+1/t36-,38?,39?,40?,44?,46?,48?,49?,51+,52?,53-,55+/m1/s1. The van der Waals surface area contributed by atoms with Gasteiger partial charge in [-0.2, -0.15) is 0 Å². The molecule has 2 fully saturated rings. The first kappa shape index (κ1) is 41.5. The zero-order valence-electron chi connectivity index (χ0n) is 37.9. The molecule has 6 aliphatic carbocycles. The van der Waals surface area contributed by atoms with Gasteiger partial charge in [-0.3, -0.25) is 0 Å². The highest BCUT2D eigenvalue weighted by Crippen LogP contribution is 2.72. The Bertz CT molecular complexity index is 2050. The normalized spacial score (nSPS) is 36.3. The summed E-state index contributed by atoms with van der Waals surface area (Å²) in [6.45, 7) is 25.3. The van der Waals surface area contributed by atoms with Gasteiger partial charge in [0.2, 0.25) is 0 Å². The minimum atomic E-state index is -1.72. The SMILES string of the molecule is C=C(NC1=CCC(C2C=CC=CC2)C=C1)C1=C([C@@]2(CCC(CC)[C@H](C)CC)[C@H]3C4=C(CCC=C4)C4C=C(CC(C)C)C([Si](C)(C)C)=[N+]4[C@H]32)C=CC2C1SC1C=CCCC12. The van der Waals surface area contributed by atoms with Crippen molar-refractivity contribution in [2.24, 2.45) is 52.8 Å². The second-order valence-electron chi connectivity index (χ2n) is 21.4. The monoisotopic (exact) mass is 824 g/mol. The van der Waals surface area contributed by atoms with Gasteiger partial charge >= 0.3 is 0 Å². The van der Waals surface area contributed by atoms with E-state index < -0.39 is 8.07 Å². The molecule has 2 nitrogen and oxygen atoms in total. The van der Waals surface area contributed by atoms with Crippen molar-refractivity contribution in [3.8, 4) is 0 Å². The van der Waals surface area contributed by atoms with Crippen LogP contribution in [0.2, 0.25) is 19.6 Å². The van der Waals surface area contributed by atoms with E-state index in [9.17, 15) is 0 Å². The minimum Gasteiger partial charge on any atom is -0.356 e. The zero-order valence-corrected chi connectivity index (χ0v) is 39.7. The van der Waals surface area contributed by atoms with Crippen molar-refractivity contribution in [1.29, 1.82) is 0 Å². The lowest BCUT2D eigenvalue weighted by molar-refractivity contribution is -0.564. The second kappa shape index (κ2) is 16.5. The molecule has 1 saturated heterocycles. The van der Waals surface area contributed by atoms with Crippen molar-refractivity contribution >= 4 is 25.2 Å². The van der Waals surface area contributed by atoms with Crippen LogP contribution in [0.4, 0.5) is 0 Å². The number of allylic oxidation sites excluding steroid dienone is 14. The number of rotatable bonds is 14. The Kier molecular flexibility index (Phi) is 11.6. The van der Waals surface area contributed by atoms with Crippen LogP contribution in [0.3, 0.4) is 0 Å². The minimum absolute atomic E-state index is 0.0538. The highest BCUT2D eigenvalue weighted by atomic mass is 32.2. The third-order valence-corrected chi connectivity index (χ3v) is 20.1. The van der Waals surface area contributed by atoms with Gasteiger partial charge < -0.3 is 5.32 Å². The predicted molar refractivity (Wildman–Crippen MR) is 258 cm³/mol. The predicted octanol–water partition coefficient (Wildman–Crippen LogP) is 13.8. The van der Waals surface area contributed by atoms with Gasteiger partial charge in [0.1, 0.15) is 0 Å². The highest BCUT2D eigenvalue weighted by molar-refractivity contribution is 8.01. The van der Waals surface area contributed by atoms with Crippen LogP contribution >= 0.6 is 11.8 Å². The molecule has 59 heavy (non-hydrogen) atoms. The summed E-state index contributed by atoms with van der Waals surface area (Å²) in [5, 5.41) is 6.87. The lowest BCUT2D eigenvalue weighted by Gasteiger charge is -2.35. The third kappa shape index (κ3) is 7.30. The summed E-state index contributed by atoms with van der Waals surface area (Å²) >= 11 is 2.27. The van der Waals surface area contributed by atoms with E-state index in [0.717, 1.165) is 24.7 Å². The van der Waals surface area contributed by atoms with Gasteiger partial charge in [-0.15, -0.1) is 11.8 Å². The van der Waals surface area contributed by atoms with E-state index in [-0.39, 0.29) is 5.41 Å². The molecule has 0 aromatic carbocycles. The molecule has 3 heterocycles. The van der Waals surface area contributed by atoms with Gasteiger partial charge in [-0.25, -0.2) is 4.58 Å². The van der Waals surface area contributed by atoms with E-state index in [1.165, 1.54) is 69.2 Å². The van der Waals surface area contributed by atoms with Crippen molar-refractivity contribution in [3.63, 3.8) is 0 Å². The van der Waals surface area contributed by atoms with Crippen LogP contribution in [0.15, 0.2) is 131 Å². The van der Waals surface area contributed by atoms with Crippen LogP contribution in [-0.2, 0) is 0 Å². The van der Waals surface area contributed by atoms with Gasteiger partial charge in [0.25, 0.3) is 0 Å². The fraction of sp³-hybridized carbons (Fsp3) is 0.582. The summed E-state index contributed by atoms with van der Waals surface area (Å²) in [6, 6.07) is 0.912. The van der Waals surface area contributed by atoms with Crippen molar-refractivity contribution < 1.29 is 4.58 Å². The Hall–Kier alpha value is -2.82. The molecule has 9 aliphatic rings. The maximum Gasteiger partial charge on any atom is 0.194 e.